The molecule has 0 fully saturated rings. The van der Waals surface area contributed by atoms with Crippen LogP contribution in [-0.2, 0) is 13.0 Å². The van der Waals surface area contributed by atoms with Crippen molar-refractivity contribution in [1.82, 2.24) is 24.8 Å². The number of ether oxygens (including phenoxy) is 3. The third kappa shape index (κ3) is 3.57. The second kappa shape index (κ2) is 7.69. The summed E-state index contributed by atoms with van der Waals surface area (Å²) in [7, 11) is 1.63. The SMILES string of the molecule is COc1ccc2c(OCc3nnc4ccc(-c5ccc6c(c5)OC(C)(C)C6)nn34)ccnc2c1. The molecule has 0 unspecified atom stereocenters. The van der Waals surface area contributed by atoms with E-state index in [4.69, 9.17) is 19.3 Å². The summed E-state index contributed by atoms with van der Waals surface area (Å²) in [4.78, 5) is 4.41. The van der Waals surface area contributed by atoms with Crippen molar-refractivity contribution in [2.45, 2.75) is 32.5 Å². The number of pyridine rings is 1. The second-order valence-corrected chi connectivity index (χ2v) is 8.95. The number of hydrogen-bond donors (Lipinski definition) is 0. The van der Waals surface area contributed by atoms with Gasteiger partial charge in [-0.25, -0.2) is 0 Å². The van der Waals surface area contributed by atoms with Crippen molar-refractivity contribution in [2.24, 2.45) is 0 Å². The van der Waals surface area contributed by atoms with Gasteiger partial charge in [0.15, 0.2) is 11.5 Å². The van der Waals surface area contributed by atoms with Gasteiger partial charge in [-0.3, -0.25) is 4.98 Å². The van der Waals surface area contributed by atoms with Crippen LogP contribution < -0.4 is 14.2 Å². The summed E-state index contributed by atoms with van der Waals surface area (Å²) in [5.74, 6) is 2.98. The van der Waals surface area contributed by atoms with E-state index in [1.165, 1.54) is 5.56 Å². The molecule has 34 heavy (non-hydrogen) atoms. The summed E-state index contributed by atoms with van der Waals surface area (Å²) in [6.07, 6.45) is 2.62. The molecular formula is C26H23N5O3. The fourth-order valence-corrected chi connectivity index (χ4v) is 4.32. The van der Waals surface area contributed by atoms with Gasteiger partial charge in [0, 0.05) is 29.6 Å². The molecule has 0 saturated heterocycles. The number of hydrogen-bond acceptors (Lipinski definition) is 7. The van der Waals surface area contributed by atoms with Crippen molar-refractivity contribution in [3.05, 3.63) is 72.2 Å². The quantitative estimate of drug-likeness (QED) is 0.383. The van der Waals surface area contributed by atoms with Gasteiger partial charge in [0.2, 0.25) is 0 Å². The molecular weight excluding hydrogens is 430 g/mol. The maximum atomic E-state index is 6.11. The van der Waals surface area contributed by atoms with Gasteiger partial charge in [0.1, 0.15) is 29.5 Å². The molecule has 170 valence electrons. The lowest BCUT2D eigenvalue weighted by molar-refractivity contribution is 0.138. The number of rotatable bonds is 5. The van der Waals surface area contributed by atoms with E-state index in [9.17, 15) is 0 Å². The highest BCUT2D eigenvalue weighted by molar-refractivity contribution is 5.85. The van der Waals surface area contributed by atoms with Gasteiger partial charge in [-0.05, 0) is 55.8 Å². The zero-order valence-corrected chi connectivity index (χ0v) is 19.1. The maximum Gasteiger partial charge on any atom is 0.192 e. The Morgan fingerprint density at radius 1 is 1.03 bits per heavy atom. The molecule has 1 aliphatic heterocycles. The van der Waals surface area contributed by atoms with Crippen LogP contribution in [0.5, 0.6) is 17.2 Å². The summed E-state index contributed by atoms with van der Waals surface area (Å²) in [6, 6.07) is 17.6. The lowest BCUT2D eigenvalue weighted by atomic mass is 10.0. The van der Waals surface area contributed by atoms with Crippen LogP contribution in [0.15, 0.2) is 60.8 Å². The van der Waals surface area contributed by atoms with E-state index in [1.54, 1.807) is 17.8 Å². The highest BCUT2D eigenvalue weighted by Crippen LogP contribution is 2.37. The number of nitrogens with zero attached hydrogens (tertiary/aromatic N) is 5. The highest BCUT2D eigenvalue weighted by Gasteiger charge is 2.30. The van der Waals surface area contributed by atoms with Gasteiger partial charge in [0.05, 0.1) is 18.3 Å². The van der Waals surface area contributed by atoms with Crippen LogP contribution in [0.2, 0.25) is 0 Å². The van der Waals surface area contributed by atoms with Crippen molar-refractivity contribution >= 4 is 16.6 Å². The average Bonchev–Trinajstić information content (AvgIpc) is 3.39. The Morgan fingerprint density at radius 2 is 1.94 bits per heavy atom. The molecule has 8 heteroatoms. The van der Waals surface area contributed by atoms with Gasteiger partial charge in [-0.2, -0.15) is 9.61 Å². The Kier molecular flexibility index (Phi) is 4.62. The van der Waals surface area contributed by atoms with Crippen molar-refractivity contribution in [3.63, 3.8) is 0 Å². The molecule has 0 spiro atoms. The first kappa shape index (κ1) is 20.4. The van der Waals surface area contributed by atoms with Gasteiger partial charge in [0.25, 0.3) is 0 Å². The molecule has 0 saturated carbocycles. The van der Waals surface area contributed by atoms with E-state index in [2.05, 4.69) is 47.2 Å². The number of methoxy groups -OCH3 is 1. The highest BCUT2D eigenvalue weighted by atomic mass is 16.5. The van der Waals surface area contributed by atoms with E-state index in [0.717, 1.165) is 40.1 Å². The third-order valence-electron chi connectivity index (χ3n) is 5.96. The van der Waals surface area contributed by atoms with Crippen LogP contribution >= 0.6 is 0 Å². The predicted molar refractivity (Wildman–Crippen MR) is 127 cm³/mol. The monoisotopic (exact) mass is 453 g/mol. The molecule has 6 rings (SSSR count). The van der Waals surface area contributed by atoms with Gasteiger partial charge in [-0.1, -0.05) is 12.1 Å². The van der Waals surface area contributed by atoms with E-state index in [0.29, 0.717) is 17.2 Å². The fourth-order valence-electron chi connectivity index (χ4n) is 4.32. The molecule has 0 bridgehead atoms. The van der Waals surface area contributed by atoms with Crippen LogP contribution in [-0.4, -0.2) is 37.5 Å². The molecule has 4 heterocycles. The number of benzene rings is 2. The first-order valence-corrected chi connectivity index (χ1v) is 11.1. The zero-order valence-electron chi connectivity index (χ0n) is 19.1. The number of fused-ring (bicyclic) bond motifs is 3. The fraction of sp³-hybridized carbons (Fsp3) is 0.231. The largest absolute Gasteiger partial charge is 0.497 e. The van der Waals surface area contributed by atoms with Gasteiger partial charge < -0.3 is 14.2 Å². The van der Waals surface area contributed by atoms with Crippen molar-refractivity contribution in [1.29, 1.82) is 0 Å². The molecule has 0 atom stereocenters. The minimum atomic E-state index is -0.181. The molecule has 2 aromatic carbocycles. The summed E-state index contributed by atoms with van der Waals surface area (Å²) < 4.78 is 19.2. The van der Waals surface area contributed by atoms with E-state index < -0.39 is 0 Å². The zero-order chi connectivity index (χ0) is 23.3. The first-order chi connectivity index (χ1) is 16.5. The molecule has 3 aromatic heterocycles. The van der Waals surface area contributed by atoms with Crippen molar-refractivity contribution in [3.8, 4) is 28.5 Å². The molecule has 1 aliphatic rings. The van der Waals surface area contributed by atoms with E-state index in [-0.39, 0.29) is 12.2 Å². The lowest BCUT2D eigenvalue weighted by Gasteiger charge is -2.16. The Bertz CT molecular complexity index is 1540. The van der Waals surface area contributed by atoms with Crippen molar-refractivity contribution < 1.29 is 14.2 Å². The average molecular weight is 454 g/mol. The van der Waals surface area contributed by atoms with Crippen LogP contribution in [0.1, 0.15) is 25.2 Å². The third-order valence-corrected chi connectivity index (χ3v) is 5.96. The van der Waals surface area contributed by atoms with Crippen LogP contribution in [0.4, 0.5) is 0 Å². The summed E-state index contributed by atoms with van der Waals surface area (Å²) in [6.45, 7) is 4.41. The van der Waals surface area contributed by atoms with Crippen molar-refractivity contribution in [2.75, 3.05) is 7.11 Å². The minimum Gasteiger partial charge on any atom is -0.497 e. The van der Waals surface area contributed by atoms with Gasteiger partial charge in [-0.15, -0.1) is 10.2 Å². The Balaban J connectivity index is 1.29. The van der Waals surface area contributed by atoms with E-state index >= 15 is 0 Å². The topological polar surface area (TPSA) is 83.7 Å². The smallest absolute Gasteiger partial charge is 0.192 e. The molecule has 0 aliphatic carbocycles. The van der Waals surface area contributed by atoms with Crippen LogP contribution in [0.3, 0.4) is 0 Å². The molecule has 8 nitrogen and oxygen atoms in total. The Hall–Kier alpha value is -4.20. The predicted octanol–water partition coefficient (Wildman–Crippen LogP) is 4.64. The summed E-state index contributed by atoms with van der Waals surface area (Å²) >= 11 is 0. The minimum absolute atomic E-state index is 0.181. The first-order valence-electron chi connectivity index (χ1n) is 11.1. The normalized spacial score (nSPS) is 14.2. The van der Waals surface area contributed by atoms with Crippen LogP contribution in [0.25, 0.3) is 27.8 Å². The number of aromatic nitrogens is 5. The van der Waals surface area contributed by atoms with Crippen LogP contribution in [0, 0.1) is 0 Å². The Morgan fingerprint density at radius 3 is 2.82 bits per heavy atom. The second-order valence-electron chi connectivity index (χ2n) is 8.95. The van der Waals surface area contributed by atoms with E-state index in [1.807, 2.05) is 36.4 Å². The summed E-state index contributed by atoms with van der Waals surface area (Å²) in [5.41, 5.74) is 4.28. The van der Waals surface area contributed by atoms with Gasteiger partial charge >= 0.3 is 0 Å². The molecule has 5 aromatic rings. The molecule has 0 amide bonds. The summed E-state index contributed by atoms with van der Waals surface area (Å²) in [5, 5.41) is 14.2. The lowest BCUT2D eigenvalue weighted by Crippen LogP contribution is -2.24. The standard InChI is InChI=1S/C26H23N5O3/c1-26(2)14-17-5-4-16(12-23(17)34-26)20-8-9-24-28-29-25(31(24)30-20)15-33-22-10-11-27-21-13-18(32-3)6-7-19(21)22/h4-13H,14-15H2,1-3H3. The molecule has 0 radical (unpaired) electrons. The molecule has 0 N–H and O–H groups in total. The Labute approximate surface area is 196 Å². The maximum absolute atomic E-state index is 6.11.